The number of rotatable bonds is 5. The van der Waals surface area contributed by atoms with Crippen LogP contribution in [0.25, 0.3) is 5.53 Å². The van der Waals surface area contributed by atoms with E-state index < -0.39 is 58.1 Å². The van der Waals surface area contributed by atoms with Crippen molar-refractivity contribution in [2.45, 2.75) is 33.1 Å². The van der Waals surface area contributed by atoms with Gasteiger partial charge >= 0.3 is 23.0 Å². The third-order valence-corrected chi connectivity index (χ3v) is 5.45. The molecule has 0 aromatic rings. The van der Waals surface area contributed by atoms with Crippen molar-refractivity contribution in [3.8, 4) is 0 Å². The van der Waals surface area contributed by atoms with E-state index >= 15 is 0 Å². The molecule has 152 valence electrons. The Morgan fingerprint density at radius 1 is 1.25 bits per heavy atom. The molecule has 1 fully saturated rings. The van der Waals surface area contributed by atoms with E-state index in [4.69, 9.17) is 19.7 Å². The standard InChI is InChI=1S/C16H19N3O8S/c1-8(20)25-6-9-12(21)19-10(5-11(18-17)28(24)13(9)19)14(22)26-7-27-15(23)16(2,3)4/h5,9,13H,6-7H2,1-4H3/t9-,13-,28+/m0/s1. The highest BCUT2D eigenvalue weighted by molar-refractivity contribution is 8.01. The summed E-state index contributed by atoms with van der Waals surface area (Å²) in [7, 11) is -1.95. The monoisotopic (exact) mass is 413 g/mol. The van der Waals surface area contributed by atoms with Gasteiger partial charge in [0.15, 0.2) is 10.8 Å². The molecule has 2 aliphatic rings. The Bertz CT molecular complexity index is 837. The van der Waals surface area contributed by atoms with E-state index in [0.29, 0.717) is 0 Å². The largest absolute Gasteiger partial charge is 0.465 e. The predicted octanol–water partition coefficient (Wildman–Crippen LogP) is -0.301. The van der Waals surface area contributed by atoms with E-state index in [1.807, 2.05) is 0 Å². The van der Waals surface area contributed by atoms with Crippen LogP contribution in [0, 0.1) is 11.3 Å². The second-order valence-corrected chi connectivity index (χ2v) is 8.50. The molecule has 2 rings (SSSR count). The first kappa shape index (κ1) is 21.5. The van der Waals surface area contributed by atoms with Gasteiger partial charge in [0.05, 0.1) is 11.5 Å². The summed E-state index contributed by atoms with van der Waals surface area (Å²) in [5.74, 6) is -3.83. The van der Waals surface area contributed by atoms with E-state index in [9.17, 15) is 23.4 Å². The van der Waals surface area contributed by atoms with Gasteiger partial charge in [-0.1, -0.05) is 0 Å². The van der Waals surface area contributed by atoms with Gasteiger partial charge < -0.3 is 19.7 Å². The molecule has 0 aromatic carbocycles. The van der Waals surface area contributed by atoms with Crippen LogP contribution in [-0.4, -0.2) is 61.5 Å². The van der Waals surface area contributed by atoms with Crippen molar-refractivity contribution in [2.24, 2.45) is 11.3 Å². The molecule has 0 bridgehead atoms. The number of ether oxygens (including phenoxy) is 3. The Kier molecular flexibility index (Phi) is 6.15. The molecule has 12 heteroatoms. The Morgan fingerprint density at radius 3 is 2.43 bits per heavy atom. The SMILES string of the molecule is CC(=O)OC[C@H]1C(=O)N2C(C(=O)OCOC(=O)C(C)(C)C)=CC(=[N+]=[N-])[S@@](=O)[C@@H]12. The minimum Gasteiger partial charge on any atom is -0.465 e. The molecule has 1 amide bonds. The molecular weight excluding hydrogens is 394 g/mol. The van der Waals surface area contributed by atoms with Crippen LogP contribution in [0.3, 0.4) is 0 Å². The molecule has 0 N–H and O–H groups in total. The average Bonchev–Trinajstić information content (AvgIpc) is 2.60. The maximum Gasteiger partial charge on any atom is 0.383 e. The van der Waals surface area contributed by atoms with Crippen molar-refractivity contribution in [3.63, 3.8) is 0 Å². The first-order chi connectivity index (χ1) is 13.0. The van der Waals surface area contributed by atoms with Gasteiger partial charge in [0.25, 0.3) is 0 Å². The number of hydrogen-bond acceptors (Lipinski definition) is 8. The lowest BCUT2D eigenvalue weighted by Gasteiger charge is -2.46. The number of nitrogens with zero attached hydrogens (tertiary/aromatic N) is 3. The topological polar surface area (TPSA) is 153 Å². The summed E-state index contributed by atoms with van der Waals surface area (Å²) in [4.78, 5) is 51.1. The van der Waals surface area contributed by atoms with Crippen LogP contribution >= 0.6 is 0 Å². The molecule has 3 atom stereocenters. The van der Waals surface area contributed by atoms with E-state index in [1.54, 1.807) is 20.8 Å². The van der Waals surface area contributed by atoms with Crippen molar-refractivity contribution in [1.29, 1.82) is 0 Å². The van der Waals surface area contributed by atoms with E-state index in [0.717, 1.165) is 17.9 Å². The maximum atomic E-state index is 12.4. The molecular formula is C16H19N3O8S. The summed E-state index contributed by atoms with van der Waals surface area (Å²) in [6.07, 6.45) is 0.945. The number of carbonyl (C=O) groups is 4. The van der Waals surface area contributed by atoms with E-state index in [-0.39, 0.29) is 17.3 Å². The van der Waals surface area contributed by atoms with Crippen molar-refractivity contribution < 1.29 is 42.4 Å². The number of hydrogen-bond donors (Lipinski definition) is 0. The van der Waals surface area contributed by atoms with Crippen LogP contribution < -0.4 is 0 Å². The minimum atomic E-state index is -1.95. The zero-order valence-corrected chi connectivity index (χ0v) is 16.5. The Balaban J connectivity index is 2.13. The van der Waals surface area contributed by atoms with E-state index in [1.165, 1.54) is 0 Å². The molecule has 28 heavy (non-hydrogen) atoms. The summed E-state index contributed by atoms with van der Waals surface area (Å²) in [5, 5.41) is -1.40. The molecule has 2 heterocycles. The maximum absolute atomic E-state index is 12.4. The molecule has 2 aliphatic heterocycles. The molecule has 1 saturated heterocycles. The first-order valence-electron chi connectivity index (χ1n) is 8.14. The quantitative estimate of drug-likeness (QED) is 0.196. The smallest absolute Gasteiger partial charge is 0.383 e. The summed E-state index contributed by atoms with van der Waals surface area (Å²) >= 11 is 0. The molecule has 0 saturated carbocycles. The second kappa shape index (κ2) is 8.03. The molecule has 0 aromatic heterocycles. The summed E-state index contributed by atoms with van der Waals surface area (Å²) < 4.78 is 26.9. The minimum absolute atomic E-state index is 0.326. The second-order valence-electron chi connectivity index (χ2n) is 7.00. The van der Waals surface area contributed by atoms with Gasteiger partial charge in [-0.25, -0.2) is 9.00 Å². The fourth-order valence-electron chi connectivity index (χ4n) is 2.41. The lowest BCUT2D eigenvalue weighted by Crippen LogP contribution is -2.66. The molecule has 0 spiro atoms. The van der Waals surface area contributed by atoms with Crippen molar-refractivity contribution in [1.82, 2.24) is 4.90 Å². The highest BCUT2D eigenvalue weighted by atomic mass is 32.2. The number of β-lactam (4-membered cyclic amide) rings is 1. The van der Waals surface area contributed by atoms with Crippen LogP contribution in [0.15, 0.2) is 11.8 Å². The number of amides is 1. The third kappa shape index (κ3) is 4.18. The van der Waals surface area contributed by atoms with Crippen LogP contribution in [0.5, 0.6) is 0 Å². The molecule has 0 radical (unpaired) electrons. The normalized spacial score (nSPS) is 23.6. The lowest BCUT2D eigenvalue weighted by atomic mass is 9.97. The van der Waals surface area contributed by atoms with Crippen molar-refractivity contribution in [3.05, 3.63) is 17.3 Å². The first-order valence-corrected chi connectivity index (χ1v) is 9.35. The van der Waals surface area contributed by atoms with Gasteiger partial charge in [0, 0.05) is 6.92 Å². The van der Waals surface area contributed by atoms with Crippen molar-refractivity contribution in [2.75, 3.05) is 13.4 Å². The zero-order chi connectivity index (χ0) is 21.2. The van der Waals surface area contributed by atoms with Crippen LogP contribution in [0.1, 0.15) is 27.7 Å². The summed E-state index contributed by atoms with van der Waals surface area (Å²) in [6, 6.07) is 0. The van der Waals surface area contributed by atoms with Gasteiger partial charge in [-0.2, -0.15) is 4.79 Å². The third-order valence-electron chi connectivity index (χ3n) is 3.86. The Labute approximate surface area is 162 Å². The molecule has 0 aliphatic carbocycles. The highest BCUT2D eigenvalue weighted by Crippen LogP contribution is 2.37. The van der Waals surface area contributed by atoms with Gasteiger partial charge in [0.1, 0.15) is 23.6 Å². The van der Waals surface area contributed by atoms with Crippen LogP contribution in [0.4, 0.5) is 0 Å². The Hall–Kier alpha value is -2.85. The van der Waals surface area contributed by atoms with Gasteiger partial charge in [-0.05, 0) is 20.8 Å². The van der Waals surface area contributed by atoms with Crippen molar-refractivity contribution >= 4 is 39.7 Å². The molecule has 0 unspecified atom stereocenters. The lowest BCUT2D eigenvalue weighted by molar-refractivity contribution is -0.174. The zero-order valence-electron chi connectivity index (χ0n) is 15.7. The number of fused-ring (bicyclic) bond motifs is 1. The van der Waals surface area contributed by atoms with Crippen LogP contribution in [-0.2, 0) is 44.2 Å². The number of carbonyl (C=O) groups excluding carboxylic acids is 4. The van der Waals surface area contributed by atoms with Gasteiger partial charge in [-0.15, -0.1) is 0 Å². The predicted molar refractivity (Wildman–Crippen MR) is 92.1 cm³/mol. The Morgan fingerprint density at radius 2 is 1.89 bits per heavy atom. The van der Waals surface area contributed by atoms with E-state index in [2.05, 4.69) is 4.79 Å². The number of esters is 3. The fraction of sp³-hybridized carbons (Fsp3) is 0.562. The fourth-order valence-corrected chi connectivity index (χ4v) is 3.86. The average molecular weight is 413 g/mol. The van der Waals surface area contributed by atoms with Gasteiger partial charge in [-0.3, -0.25) is 19.3 Å². The van der Waals surface area contributed by atoms with Crippen LogP contribution in [0.2, 0.25) is 0 Å². The highest BCUT2D eigenvalue weighted by Gasteiger charge is 2.59. The summed E-state index contributed by atoms with van der Waals surface area (Å²) in [6.45, 7) is 4.99. The van der Waals surface area contributed by atoms with Gasteiger partial charge in [0.2, 0.25) is 12.7 Å². The summed E-state index contributed by atoms with van der Waals surface area (Å²) in [5.41, 5.74) is 7.91. The molecule has 11 nitrogen and oxygen atoms in total.